The average Bonchev–Trinajstić information content (AvgIpc) is 2.19. The van der Waals surface area contributed by atoms with Gasteiger partial charge in [-0.15, -0.1) is 5.10 Å². The molecule has 76 valence electrons. The minimum Gasteiger partial charge on any atom is -0.476 e. The molecule has 0 aromatic carbocycles. The molecule has 5 heteroatoms. The summed E-state index contributed by atoms with van der Waals surface area (Å²) in [6.45, 7) is 2.71. The molecular formula is C9H13N3OS. The predicted molar refractivity (Wildman–Crippen MR) is 58.3 cm³/mol. The maximum absolute atomic E-state index is 5.50. The Hall–Kier alpha value is -1.23. The minimum absolute atomic E-state index is 0.284. The van der Waals surface area contributed by atoms with Gasteiger partial charge in [0, 0.05) is 0 Å². The van der Waals surface area contributed by atoms with Gasteiger partial charge in [0.05, 0.1) is 18.4 Å². The topological polar surface area (TPSA) is 61.0 Å². The number of unbranched alkanes of at least 4 members (excludes halogenated alkanes) is 1. The van der Waals surface area contributed by atoms with Crippen LogP contribution in [0.3, 0.4) is 0 Å². The molecule has 0 saturated carbocycles. The SMILES string of the molecule is CCCCOc1nnccc1C(N)=S. The fourth-order valence-electron chi connectivity index (χ4n) is 0.926. The van der Waals surface area contributed by atoms with Crippen LogP contribution in [0.4, 0.5) is 0 Å². The Balaban J connectivity index is 2.69. The maximum atomic E-state index is 5.50. The molecule has 0 radical (unpaired) electrons. The molecule has 0 aliphatic rings. The van der Waals surface area contributed by atoms with E-state index >= 15 is 0 Å². The van der Waals surface area contributed by atoms with Crippen LogP contribution >= 0.6 is 12.2 Å². The van der Waals surface area contributed by atoms with Gasteiger partial charge in [-0.1, -0.05) is 25.6 Å². The van der Waals surface area contributed by atoms with Crippen molar-refractivity contribution in [2.24, 2.45) is 5.73 Å². The molecular weight excluding hydrogens is 198 g/mol. The summed E-state index contributed by atoms with van der Waals surface area (Å²) in [5.41, 5.74) is 6.15. The molecule has 1 aromatic heterocycles. The Morgan fingerprint density at radius 3 is 3.07 bits per heavy atom. The van der Waals surface area contributed by atoms with Crippen molar-refractivity contribution >= 4 is 17.2 Å². The third-order valence-corrected chi connectivity index (χ3v) is 1.91. The zero-order chi connectivity index (χ0) is 10.4. The first-order valence-electron chi connectivity index (χ1n) is 4.50. The molecule has 1 heterocycles. The fourth-order valence-corrected chi connectivity index (χ4v) is 1.08. The number of nitrogens with two attached hydrogens (primary N) is 1. The lowest BCUT2D eigenvalue weighted by molar-refractivity contribution is 0.294. The highest BCUT2D eigenvalue weighted by molar-refractivity contribution is 7.80. The van der Waals surface area contributed by atoms with E-state index in [1.807, 2.05) is 0 Å². The summed E-state index contributed by atoms with van der Waals surface area (Å²) in [5.74, 6) is 0.424. The van der Waals surface area contributed by atoms with Crippen LogP contribution in [0.25, 0.3) is 0 Å². The Labute approximate surface area is 88.5 Å². The summed E-state index contributed by atoms with van der Waals surface area (Å²) in [6.07, 6.45) is 3.59. The predicted octanol–water partition coefficient (Wildman–Crippen LogP) is 1.29. The molecule has 1 rings (SSSR count). The first-order chi connectivity index (χ1) is 6.75. The average molecular weight is 211 g/mol. The van der Waals surface area contributed by atoms with Gasteiger partial charge in [0.1, 0.15) is 4.99 Å². The summed E-state index contributed by atoms with van der Waals surface area (Å²) >= 11 is 4.86. The van der Waals surface area contributed by atoms with E-state index in [0.29, 0.717) is 18.1 Å². The van der Waals surface area contributed by atoms with Crippen molar-refractivity contribution in [2.45, 2.75) is 19.8 Å². The molecule has 0 spiro atoms. The van der Waals surface area contributed by atoms with Gasteiger partial charge in [0.2, 0.25) is 5.88 Å². The quantitative estimate of drug-likeness (QED) is 0.587. The lowest BCUT2D eigenvalue weighted by atomic mass is 10.3. The molecule has 4 nitrogen and oxygen atoms in total. The van der Waals surface area contributed by atoms with Crippen LogP contribution in [0.5, 0.6) is 5.88 Å². The largest absolute Gasteiger partial charge is 0.476 e. The Morgan fingerprint density at radius 2 is 2.43 bits per heavy atom. The van der Waals surface area contributed by atoms with Gasteiger partial charge in [-0.05, 0) is 12.5 Å². The van der Waals surface area contributed by atoms with Crippen molar-refractivity contribution in [1.82, 2.24) is 10.2 Å². The lowest BCUT2D eigenvalue weighted by Gasteiger charge is -2.06. The van der Waals surface area contributed by atoms with Crippen LogP contribution in [0.1, 0.15) is 25.3 Å². The van der Waals surface area contributed by atoms with Gasteiger partial charge in [-0.2, -0.15) is 5.10 Å². The second-order valence-corrected chi connectivity index (χ2v) is 3.26. The number of rotatable bonds is 5. The van der Waals surface area contributed by atoms with Gasteiger partial charge in [0.15, 0.2) is 0 Å². The van der Waals surface area contributed by atoms with Gasteiger partial charge in [0.25, 0.3) is 0 Å². The number of thiocarbonyl (C=S) groups is 1. The Bertz CT molecular complexity index is 317. The number of nitrogens with zero attached hydrogens (tertiary/aromatic N) is 2. The second kappa shape index (κ2) is 5.49. The van der Waals surface area contributed by atoms with Crippen molar-refractivity contribution < 1.29 is 4.74 Å². The van der Waals surface area contributed by atoms with Crippen LogP contribution in [0.2, 0.25) is 0 Å². The molecule has 0 saturated heterocycles. The van der Waals surface area contributed by atoms with Crippen molar-refractivity contribution in [2.75, 3.05) is 6.61 Å². The summed E-state index contributed by atoms with van der Waals surface area (Å²) in [5, 5.41) is 7.55. The smallest absolute Gasteiger partial charge is 0.243 e. The van der Waals surface area contributed by atoms with Crippen LogP contribution < -0.4 is 10.5 Å². The monoisotopic (exact) mass is 211 g/mol. The van der Waals surface area contributed by atoms with Crippen LogP contribution in [0, 0.1) is 0 Å². The highest BCUT2D eigenvalue weighted by Crippen LogP contribution is 2.12. The maximum Gasteiger partial charge on any atom is 0.243 e. The third-order valence-electron chi connectivity index (χ3n) is 1.69. The second-order valence-electron chi connectivity index (χ2n) is 2.82. The molecule has 0 unspecified atom stereocenters. The van der Waals surface area contributed by atoms with Crippen LogP contribution in [-0.4, -0.2) is 21.8 Å². The molecule has 0 fully saturated rings. The van der Waals surface area contributed by atoms with E-state index in [-0.39, 0.29) is 4.99 Å². The Morgan fingerprint density at radius 1 is 1.64 bits per heavy atom. The first kappa shape index (κ1) is 10.8. The zero-order valence-corrected chi connectivity index (χ0v) is 8.88. The number of aromatic nitrogens is 2. The number of hydrogen-bond donors (Lipinski definition) is 1. The van der Waals surface area contributed by atoms with Crippen LogP contribution in [0.15, 0.2) is 12.3 Å². The molecule has 0 bridgehead atoms. The molecule has 0 amide bonds. The summed E-state index contributed by atoms with van der Waals surface area (Å²) in [6, 6.07) is 1.70. The first-order valence-corrected chi connectivity index (χ1v) is 4.90. The molecule has 1 aromatic rings. The van der Waals surface area contributed by atoms with Crippen molar-refractivity contribution in [3.05, 3.63) is 17.8 Å². The minimum atomic E-state index is 0.284. The van der Waals surface area contributed by atoms with E-state index in [2.05, 4.69) is 17.1 Å². The lowest BCUT2D eigenvalue weighted by Crippen LogP contribution is -2.13. The molecule has 0 atom stereocenters. The number of ether oxygens (including phenoxy) is 1. The van der Waals surface area contributed by atoms with E-state index < -0.39 is 0 Å². The highest BCUT2D eigenvalue weighted by atomic mass is 32.1. The van der Waals surface area contributed by atoms with E-state index in [9.17, 15) is 0 Å². The highest BCUT2D eigenvalue weighted by Gasteiger charge is 2.07. The van der Waals surface area contributed by atoms with Gasteiger partial charge in [-0.3, -0.25) is 0 Å². The Kier molecular flexibility index (Phi) is 4.25. The van der Waals surface area contributed by atoms with Crippen molar-refractivity contribution in [1.29, 1.82) is 0 Å². The van der Waals surface area contributed by atoms with E-state index in [1.165, 1.54) is 0 Å². The summed E-state index contributed by atoms with van der Waals surface area (Å²) in [7, 11) is 0. The standard InChI is InChI=1S/C9H13N3OS/c1-2-3-6-13-9-7(8(10)14)4-5-11-12-9/h4-5H,2-3,6H2,1H3,(H2,10,14). The van der Waals surface area contributed by atoms with Gasteiger partial charge in [-0.25, -0.2) is 0 Å². The normalized spacial score (nSPS) is 9.79. The summed E-state index contributed by atoms with van der Waals surface area (Å²) < 4.78 is 5.40. The number of hydrogen-bond acceptors (Lipinski definition) is 4. The van der Waals surface area contributed by atoms with Crippen LogP contribution in [-0.2, 0) is 0 Å². The van der Waals surface area contributed by atoms with E-state index in [4.69, 9.17) is 22.7 Å². The zero-order valence-electron chi connectivity index (χ0n) is 8.06. The third kappa shape index (κ3) is 2.92. The van der Waals surface area contributed by atoms with E-state index in [1.54, 1.807) is 12.3 Å². The molecule has 2 N–H and O–H groups in total. The van der Waals surface area contributed by atoms with Gasteiger partial charge < -0.3 is 10.5 Å². The fraction of sp³-hybridized carbons (Fsp3) is 0.444. The van der Waals surface area contributed by atoms with Crippen molar-refractivity contribution in [3.8, 4) is 5.88 Å². The molecule has 0 aliphatic heterocycles. The summed E-state index contributed by atoms with van der Waals surface area (Å²) in [4.78, 5) is 0.284. The van der Waals surface area contributed by atoms with Gasteiger partial charge >= 0.3 is 0 Å². The molecule has 0 aliphatic carbocycles. The molecule has 14 heavy (non-hydrogen) atoms. The van der Waals surface area contributed by atoms with E-state index in [0.717, 1.165) is 12.8 Å². The van der Waals surface area contributed by atoms with Crippen molar-refractivity contribution in [3.63, 3.8) is 0 Å².